The molecule has 0 aliphatic rings. The first-order valence-corrected chi connectivity index (χ1v) is 9.66. The molecular weight excluding hydrogens is 364 g/mol. The number of aromatic nitrogens is 1. The molecule has 1 amide bonds. The summed E-state index contributed by atoms with van der Waals surface area (Å²) in [4.78, 5) is 16.1. The van der Waals surface area contributed by atoms with Crippen LogP contribution in [0.1, 0.15) is 23.0 Å². The molecule has 5 N–H and O–H groups in total. The van der Waals surface area contributed by atoms with Crippen LogP contribution in [0.2, 0.25) is 0 Å². The predicted molar refractivity (Wildman–Crippen MR) is 117 cm³/mol. The molecule has 3 aromatic rings. The van der Waals surface area contributed by atoms with Gasteiger partial charge in [-0.1, -0.05) is 31.2 Å². The Morgan fingerprint density at radius 2 is 1.79 bits per heavy atom. The van der Waals surface area contributed by atoms with Crippen molar-refractivity contribution in [3.05, 3.63) is 66.0 Å². The second kappa shape index (κ2) is 9.21. The van der Waals surface area contributed by atoms with Crippen molar-refractivity contribution in [1.82, 2.24) is 10.3 Å². The maximum absolute atomic E-state index is 11.8. The molecular formula is C23H26N4O2. The highest BCUT2D eigenvalue weighted by molar-refractivity contribution is 5.93. The van der Waals surface area contributed by atoms with E-state index in [-0.39, 0.29) is 11.7 Å². The molecule has 1 aromatic heterocycles. The van der Waals surface area contributed by atoms with Crippen LogP contribution in [0.4, 0.5) is 5.69 Å². The fraction of sp³-hybridized carbons (Fsp3) is 0.217. The van der Waals surface area contributed by atoms with E-state index in [1.54, 1.807) is 31.4 Å². The van der Waals surface area contributed by atoms with Crippen molar-refractivity contribution in [1.29, 1.82) is 0 Å². The van der Waals surface area contributed by atoms with Gasteiger partial charge in [-0.2, -0.15) is 0 Å². The predicted octanol–water partition coefficient (Wildman–Crippen LogP) is 3.41. The Kier molecular flexibility index (Phi) is 6.46. The van der Waals surface area contributed by atoms with E-state index in [2.05, 4.69) is 28.6 Å². The van der Waals surface area contributed by atoms with E-state index in [1.165, 1.54) is 0 Å². The van der Waals surface area contributed by atoms with Crippen molar-refractivity contribution < 1.29 is 9.90 Å². The molecule has 0 spiro atoms. The monoisotopic (exact) mass is 390 g/mol. The fourth-order valence-corrected chi connectivity index (χ4v) is 3.41. The number of phenols is 1. The SMILES string of the molecule is CCc1c(-c2ccc(C(=O)NC)nc2)ccc(NCCN)c1-c1ccc(O)cc1. The lowest BCUT2D eigenvalue weighted by Crippen LogP contribution is -2.18. The lowest BCUT2D eigenvalue weighted by Gasteiger charge is -2.20. The Morgan fingerprint density at radius 3 is 2.38 bits per heavy atom. The molecule has 0 unspecified atom stereocenters. The van der Waals surface area contributed by atoms with Crippen molar-refractivity contribution in [2.75, 3.05) is 25.5 Å². The van der Waals surface area contributed by atoms with Gasteiger partial charge in [0.25, 0.3) is 5.91 Å². The van der Waals surface area contributed by atoms with E-state index in [1.807, 2.05) is 24.3 Å². The number of rotatable bonds is 7. The van der Waals surface area contributed by atoms with Gasteiger partial charge in [0.2, 0.25) is 0 Å². The van der Waals surface area contributed by atoms with Gasteiger partial charge >= 0.3 is 0 Å². The van der Waals surface area contributed by atoms with Gasteiger partial charge in [0.1, 0.15) is 11.4 Å². The average molecular weight is 390 g/mol. The average Bonchev–Trinajstić information content (AvgIpc) is 2.77. The van der Waals surface area contributed by atoms with Crippen LogP contribution in [0.15, 0.2) is 54.7 Å². The normalized spacial score (nSPS) is 10.6. The Bertz CT molecular complexity index is 983. The van der Waals surface area contributed by atoms with Crippen molar-refractivity contribution in [3.63, 3.8) is 0 Å². The van der Waals surface area contributed by atoms with Crippen molar-refractivity contribution >= 4 is 11.6 Å². The second-order valence-electron chi connectivity index (χ2n) is 6.64. The van der Waals surface area contributed by atoms with E-state index in [0.717, 1.165) is 39.9 Å². The van der Waals surface area contributed by atoms with E-state index in [4.69, 9.17) is 5.73 Å². The third kappa shape index (κ3) is 4.38. The number of amides is 1. The number of nitrogens with one attached hydrogen (secondary N) is 2. The number of hydrogen-bond acceptors (Lipinski definition) is 5. The Balaban J connectivity index is 2.14. The van der Waals surface area contributed by atoms with Gasteiger partial charge in [0.15, 0.2) is 0 Å². The molecule has 1 heterocycles. The summed E-state index contributed by atoms with van der Waals surface area (Å²) in [6.07, 6.45) is 2.54. The number of nitrogens with zero attached hydrogens (tertiary/aromatic N) is 1. The van der Waals surface area contributed by atoms with Crippen LogP contribution in [0.5, 0.6) is 5.75 Å². The van der Waals surface area contributed by atoms with Crippen LogP contribution in [0.25, 0.3) is 22.3 Å². The largest absolute Gasteiger partial charge is 0.508 e. The molecule has 3 rings (SSSR count). The number of phenolic OH excluding ortho intramolecular Hbond substituents is 1. The first kappa shape index (κ1) is 20.4. The molecule has 29 heavy (non-hydrogen) atoms. The number of anilines is 1. The molecule has 150 valence electrons. The zero-order valence-electron chi connectivity index (χ0n) is 16.7. The number of nitrogens with two attached hydrogens (primary N) is 1. The molecule has 0 atom stereocenters. The zero-order chi connectivity index (χ0) is 20.8. The summed E-state index contributed by atoms with van der Waals surface area (Å²) in [5.74, 6) is 0.0202. The van der Waals surface area contributed by atoms with Gasteiger partial charge in [-0.05, 0) is 47.4 Å². The number of benzene rings is 2. The van der Waals surface area contributed by atoms with Gasteiger partial charge < -0.3 is 21.5 Å². The minimum absolute atomic E-state index is 0.210. The minimum atomic E-state index is -0.210. The first-order chi connectivity index (χ1) is 14.1. The number of pyridine rings is 1. The smallest absolute Gasteiger partial charge is 0.269 e. The lowest BCUT2D eigenvalue weighted by atomic mass is 9.89. The first-order valence-electron chi connectivity index (χ1n) is 9.66. The van der Waals surface area contributed by atoms with Crippen LogP contribution >= 0.6 is 0 Å². The standard InChI is InChI=1S/C23H26N4O2/c1-3-18-19(16-6-10-21(27-14-16)23(29)25-2)9-11-20(26-13-12-24)22(18)15-4-7-17(28)8-5-15/h4-11,14,26,28H,3,12-13,24H2,1-2H3,(H,25,29). The Hall–Kier alpha value is -3.38. The summed E-state index contributed by atoms with van der Waals surface area (Å²) < 4.78 is 0. The highest BCUT2D eigenvalue weighted by Crippen LogP contribution is 2.38. The van der Waals surface area contributed by atoms with Crippen LogP contribution in [0.3, 0.4) is 0 Å². The molecule has 0 aliphatic heterocycles. The van der Waals surface area contributed by atoms with Gasteiger partial charge in [-0.25, -0.2) is 0 Å². The maximum atomic E-state index is 11.8. The van der Waals surface area contributed by atoms with Crippen molar-refractivity contribution in [2.45, 2.75) is 13.3 Å². The van der Waals surface area contributed by atoms with Crippen LogP contribution in [0, 0.1) is 0 Å². The number of aromatic hydroxyl groups is 1. The van der Waals surface area contributed by atoms with Gasteiger partial charge in [0.05, 0.1) is 0 Å². The molecule has 6 nitrogen and oxygen atoms in total. The lowest BCUT2D eigenvalue weighted by molar-refractivity contribution is 0.0958. The van der Waals surface area contributed by atoms with Gasteiger partial charge in [0, 0.05) is 43.1 Å². The van der Waals surface area contributed by atoms with Crippen LogP contribution in [-0.4, -0.2) is 36.1 Å². The second-order valence-corrected chi connectivity index (χ2v) is 6.64. The highest BCUT2D eigenvalue weighted by atomic mass is 16.3. The third-order valence-corrected chi connectivity index (χ3v) is 4.82. The fourth-order valence-electron chi connectivity index (χ4n) is 3.41. The summed E-state index contributed by atoms with van der Waals surface area (Å²) in [5.41, 5.74) is 12.3. The summed E-state index contributed by atoms with van der Waals surface area (Å²) >= 11 is 0. The van der Waals surface area contributed by atoms with E-state index >= 15 is 0 Å². The minimum Gasteiger partial charge on any atom is -0.508 e. The molecule has 0 radical (unpaired) electrons. The summed E-state index contributed by atoms with van der Waals surface area (Å²) in [6, 6.07) is 15.0. The third-order valence-electron chi connectivity index (χ3n) is 4.82. The molecule has 0 saturated carbocycles. The molecule has 0 saturated heterocycles. The van der Waals surface area contributed by atoms with Gasteiger partial charge in [-0.15, -0.1) is 0 Å². The zero-order valence-corrected chi connectivity index (χ0v) is 16.7. The van der Waals surface area contributed by atoms with Crippen molar-refractivity contribution in [3.8, 4) is 28.0 Å². The van der Waals surface area contributed by atoms with Gasteiger partial charge in [-0.3, -0.25) is 9.78 Å². The molecule has 6 heteroatoms. The van der Waals surface area contributed by atoms with E-state index < -0.39 is 0 Å². The van der Waals surface area contributed by atoms with Crippen LogP contribution < -0.4 is 16.4 Å². The van der Waals surface area contributed by atoms with E-state index in [9.17, 15) is 9.90 Å². The summed E-state index contributed by atoms with van der Waals surface area (Å²) in [6.45, 7) is 3.31. The number of hydrogen-bond donors (Lipinski definition) is 4. The molecule has 0 aliphatic carbocycles. The molecule has 0 bridgehead atoms. The molecule has 0 fully saturated rings. The van der Waals surface area contributed by atoms with Crippen LogP contribution in [-0.2, 0) is 6.42 Å². The topological polar surface area (TPSA) is 100 Å². The molecule has 2 aromatic carbocycles. The van der Waals surface area contributed by atoms with Crippen molar-refractivity contribution in [2.24, 2.45) is 5.73 Å². The Labute approximate surface area is 170 Å². The number of carbonyl (C=O) groups is 1. The highest BCUT2D eigenvalue weighted by Gasteiger charge is 2.16. The maximum Gasteiger partial charge on any atom is 0.269 e. The summed E-state index contributed by atoms with van der Waals surface area (Å²) in [7, 11) is 1.59. The summed E-state index contributed by atoms with van der Waals surface area (Å²) in [5, 5.41) is 15.7. The Morgan fingerprint density at radius 1 is 1.07 bits per heavy atom. The number of carbonyl (C=O) groups excluding carboxylic acids is 1. The van der Waals surface area contributed by atoms with E-state index in [0.29, 0.717) is 18.8 Å². The quantitative estimate of drug-likeness (QED) is 0.495.